The first-order chi connectivity index (χ1) is 10.7. The van der Waals surface area contributed by atoms with Crippen molar-refractivity contribution in [1.29, 1.82) is 0 Å². The molecule has 2 N–H and O–H groups in total. The predicted octanol–water partition coefficient (Wildman–Crippen LogP) is 3.50. The summed E-state index contributed by atoms with van der Waals surface area (Å²) >= 11 is 5.68. The summed E-state index contributed by atoms with van der Waals surface area (Å²) in [5.41, 5.74) is 4.99. The molecule has 1 aliphatic carbocycles. The van der Waals surface area contributed by atoms with E-state index < -0.39 is 17.6 Å². The Labute approximate surface area is 140 Å². The largest absolute Gasteiger partial charge is 0.443 e. The van der Waals surface area contributed by atoms with Crippen molar-refractivity contribution in [2.24, 2.45) is 17.6 Å². The molecule has 1 unspecified atom stereocenters. The number of rotatable bonds is 6. The third kappa shape index (κ3) is 4.12. The van der Waals surface area contributed by atoms with Crippen LogP contribution >= 0.6 is 11.6 Å². The molecule has 0 spiro atoms. The number of methoxy groups -OCH3 is 1. The second-order valence-electron chi connectivity index (χ2n) is 6.53. The van der Waals surface area contributed by atoms with Crippen LogP contribution in [0.3, 0.4) is 0 Å². The Kier molecular flexibility index (Phi) is 5.47. The van der Waals surface area contributed by atoms with Crippen LogP contribution in [-0.2, 0) is 9.47 Å². The molecule has 0 bridgehead atoms. The number of nitrogens with two attached hydrogens (primary N) is 1. The molecule has 0 aliphatic heterocycles. The summed E-state index contributed by atoms with van der Waals surface area (Å²) in [7, 11) is 1.60. The number of carbonyl (C=O) groups excluding carboxylic acids is 1. The highest BCUT2D eigenvalue weighted by Crippen LogP contribution is 2.49. The fourth-order valence-electron chi connectivity index (χ4n) is 3.39. The average Bonchev–Trinajstić information content (AvgIpc) is 2.36. The Morgan fingerprint density at radius 1 is 1.52 bits per heavy atom. The van der Waals surface area contributed by atoms with Gasteiger partial charge in [0.15, 0.2) is 0 Å². The van der Waals surface area contributed by atoms with Crippen LogP contribution in [0.2, 0.25) is 5.15 Å². The van der Waals surface area contributed by atoms with Gasteiger partial charge in [0, 0.05) is 18.6 Å². The van der Waals surface area contributed by atoms with Crippen molar-refractivity contribution in [2.45, 2.75) is 38.2 Å². The summed E-state index contributed by atoms with van der Waals surface area (Å²) in [5.74, 6) is -0.186. The predicted molar refractivity (Wildman–Crippen MR) is 84.8 cm³/mol. The van der Waals surface area contributed by atoms with E-state index in [1.165, 1.54) is 0 Å². The summed E-state index contributed by atoms with van der Waals surface area (Å²) in [5, 5.41) is 0.148. The van der Waals surface area contributed by atoms with Crippen LogP contribution in [0, 0.1) is 17.8 Å². The number of nitrogens with zero attached hydrogens (tertiary/aromatic N) is 1. The Morgan fingerprint density at radius 2 is 2.17 bits per heavy atom. The number of carbonyl (C=O) groups is 1. The molecule has 1 saturated carbocycles. The normalized spacial score (nSPS) is 22.3. The van der Waals surface area contributed by atoms with Crippen molar-refractivity contribution in [3.63, 3.8) is 0 Å². The quantitative estimate of drug-likeness (QED) is 0.801. The molecule has 1 atom stereocenters. The van der Waals surface area contributed by atoms with Crippen molar-refractivity contribution in [2.75, 3.05) is 13.7 Å². The molecule has 1 amide bonds. The van der Waals surface area contributed by atoms with Gasteiger partial charge in [0.2, 0.25) is 5.95 Å². The SMILES string of the molecule is COCC(C1CC(c2ccc(Cl)nc2F)C1)C(C)(C)OC(N)=O. The van der Waals surface area contributed by atoms with E-state index in [0.717, 1.165) is 12.8 Å². The second-order valence-corrected chi connectivity index (χ2v) is 6.92. The van der Waals surface area contributed by atoms with E-state index in [4.69, 9.17) is 26.8 Å². The lowest BCUT2D eigenvalue weighted by atomic mass is 9.63. The monoisotopic (exact) mass is 344 g/mol. The van der Waals surface area contributed by atoms with Gasteiger partial charge in [-0.15, -0.1) is 0 Å². The number of hydrogen-bond donors (Lipinski definition) is 1. The van der Waals surface area contributed by atoms with Crippen molar-refractivity contribution < 1.29 is 18.7 Å². The maximum Gasteiger partial charge on any atom is 0.405 e. The van der Waals surface area contributed by atoms with E-state index >= 15 is 0 Å². The lowest BCUT2D eigenvalue weighted by Gasteiger charge is -2.46. The lowest BCUT2D eigenvalue weighted by molar-refractivity contribution is -0.0708. The zero-order chi connectivity index (χ0) is 17.2. The third-order valence-electron chi connectivity index (χ3n) is 4.63. The topological polar surface area (TPSA) is 74.4 Å². The van der Waals surface area contributed by atoms with Crippen molar-refractivity contribution >= 4 is 17.7 Å². The molecule has 1 heterocycles. The highest BCUT2D eigenvalue weighted by Gasteiger charge is 2.45. The summed E-state index contributed by atoms with van der Waals surface area (Å²) in [6, 6.07) is 3.28. The van der Waals surface area contributed by atoms with E-state index in [2.05, 4.69) is 4.98 Å². The van der Waals surface area contributed by atoms with Gasteiger partial charge in [-0.3, -0.25) is 0 Å². The van der Waals surface area contributed by atoms with Gasteiger partial charge >= 0.3 is 6.09 Å². The van der Waals surface area contributed by atoms with Crippen LogP contribution in [0.4, 0.5) is 9.18 Å². The van der Waals surface area contributed by atoms with Gasteiger partial charge in [0.05, 0.1) is 6.61 Å². The van der Waals surface area contributed by atoms with Gasteiger partial charge < -0.3 is 15.2 Å². The first kappa shape index (κ1) is 17.9. The molecule has 128 valence electrons. The molecular weight excluding hydrogens is 323 g/mol. The zero-order valence-corrected chi connectivity index (χ0v) is 14.3. The van der Waals surface area contributed by atoms with Gasteiger partial charge in [-0.05, 0) is 44.6 Å². The van der Waals surface area contributed by atoms with Crippen LogP contribution in [0.15, 0.2) is 12.1 Å². The van der Waals surface area contributed by atoms with Gasteiger partial charge in [0.1, 0.15) is 10.8 Å². The van der Waals surface area contributed by atoms with Crippen LogP contribution in [0.25, 0.3) is 0 Å². The summed E-state index contributed by atoms with van der Waals surface area (Å²) < 4.78 is 24.4. The molecule has 1 aromatic heterocycles. The minimum atomic E-state index is -0.806. The van der Waals surface area contributed by atoms with Crippen LogP contribution < -0.4 is 5.73 Å². The van der Waals surface area contributed by atoms with E-state index in [9.17, 15) is 9.18 Å². The summed E-state index contributed by atoms with van der Waals surface area (Å²) in [6.45, 7) is 4.08. The number of hydrogen-bond acceptors (Lipinski definition) is 4. The standard InChI is InChI=1S/C16H22ClFN2O3/c1-16(2,23-15(19)21)12(8-22-3)10-6-9(7-10)11-4-5-13(17)20-14(11)18/h4-5,9-10,12H,6-8H2,1-3H3,(H2,19,21). The Balaban J connectivity index is 2.06. The van der Waals surface area contributed by atoms with E-state index in [0.29, 0.717) is 12.2 Å². The smallest absolute Gasteiger partial charge is 0.405 e. The van der Waals surface area contributed by atoms with Gasteiger partial charge in [-0.25, -0.2) is 9.78 Å². The van der Waals surface area contributed by atoms with Gasteiger partial charge in [0.25, 0.3) is 0 Å². The van der Waals surface area contributed by atoms with Crippen LogP contribution in [0.5, 0.6) is 0 Å². The van der Waals surface area contributed by atoms with E-state index in [-0.39, 0.29) is 22.9 Å². The fraction of sp³-hybridized carbons (Fsp3) is 0.625. The first-order valence-corrected chi connectivity index (χ1v) is 7.91. The molecule has 7 heteroatoms. The molecule has 1 aliphatic rings. The first-order valence-electron chi connectivity index (χ1n) is 7.54. The number of aromatic nitrogens is 1. The Morgan fingerprint density at radius 3 is 2.70 bits per heavy atom. The van der Waals surface area contributed by atoms with E-state index in [1.54, 1.807) is 19.2 Å². The minimum Gasteiger partial charge on any atom is -0.443 e. The van der Waals surface area contributed by atoms with E-state index in [1.807, 2.05) is 13.8 Å². The molecule has 0 aromatic carbocycles. The molecule has 23 heavy (non-hydrogen) atoms. The molecule has 2 rings (SSSR count). The fourth-order valence-corrected chi connectivity index (χ4v) is 3.53. The van der Waals surface area contributed by atoms with Crippen molar-refractivity contribution in [3.8, 4) is 0 Å². The zero-order valence-electron chi connectivity index (χ0n) is 13.5. The van der Waals surface area contributed by atoms with Gasteiger partial charge in [-0.2, -0.15) is 4.39 Å². The molecule has 5 nitrogen and oxygen atoms in total. The van der Waals surface area contributed by atoms with Crippen LogP contribution in [0.1, 0.15) is 38.2 Å². The maximum absolute atomic E-state index is 13.9. The lowest BCUT2D eigenvalue weighted by Crippen LogP contribution is -2.47. The minimum absolute atomic E-state index is 0.0143. The molecule has 0 saturated heterocycles. The third-order valence-corrected chi connectivity index (χ3v) is 4.84. The average molecular weight is 345 g/mol. The van der Waals surface area contributed by atoms with Crippen LogP contribution in [-0.4, -0.2) is 30.4 Å². The molecule has 1 fully saturated rings. The number of halogens is 2. The number of ether oxygens (including phenoxy) is 2. The number of amides is 1. The number of primary amides is 1. The second kappa shape index (κ2) is 7.01. The summed E-state index contributed by atoms with van der Waals surface area (Å²) in [4.78, 5) is 14.8. The van der Waals surface area contributed by atoms with Crippen molar-refractivity contribution in [3.05, 3.63) is 28.8 Å². The highest BCUT2D eigenvalue weighted by molar-refractivity contribution is 6.29. The number of pyridine rings is 1. The summed E-state index contributed by atoms with van der Waals surface area (Å²) in [6.07, 6.45) is 0.750. The molecule has 1 aromatic rings. The molecule has 0 radical (unpaired) electrons. The Bertz CT molecular complexity index is 576. The van der Waals surface area contributed by atoms with Crippen molar-refractivity contribution in [1.82, 2.24) is 4.98 Å². The maximum atomic E-state index is 13.9. The highest BCUT2D eigenvalue weighted by atomic mass is 35.5. The Hall–Kier alpha value is -1.40. The molecular formula is C16H22ClFN2O3. The van der Waals surface area contributed by atoms with Gasteiger partial charge in [-0.1, -0.05) is 17.7 Å².